The molecular weight excluding hydrogens is 206 g/mol. The van der Waals surface area contributed by atoms with Gasteiger partial charge in [-0.1, -0.05) is 11.8 Å². The SMILES string of the molecule is NC(=O)CSc1nc(Cl)ns1. The summed E-state index contributed by atoms with van der Waals surface area (Å²) >= 11 is 7.82. The maximum Gasteiger partial charge on any atom is 0.235 e. The first kappa shape index (κ1) is 8.76. The molecule has 1 aromatic heterocycles. The van der Waals surface area contributed by atoms with E-state index >= 15 is 0 Å². The van der Waals surface area contributed by atoms with Crippen LogP contribution in [0.3, 0.4) is 0 Å². The first-order valence-electron chi connectivity index (χ1n) is 2.59. The van der Waals surface area contributed by atoms with E-state index < -0.39 is 0 Å². The molecule has 0 radical (unpaired) electrons. The maximum atomic E-state index is 10.3. The van der Waals surface area contributed by atoms with E-state index in [1.54, 1.807) is 0 Å². The number of rotatable bonds is 3. The molecule has 0 bridgehead atoms. The van der Waals surface area contributed by atoms with E-state index in [9.17, 15) is 4.79 Å². The second-order valence-electron chi connectivity index (χ2n) is 1.58. The van der Waals surface area contributed by atoms with Gasteiger partial charge in [-0.25, -0.2) is 0 Å². The van der Waals surface area contributed by atoms with Crippen LogP contribution in [0, 0.1) is 0 Å². The van der Waals surface area contributed by atoms with Gasteiger partial charge >= 0.3 is 0 Å². The number of hydrogen-bond donors (Lipinski definition) is 1. The first-order valence-corrected chi connectivity index (χ1v) is 4.72. The van der Waals surface area contributed by atoms with Crippen LogP contribution in [0.4, 0.5) is 0 Å². The molecule has 1 rings (SSSR count). The molecule has 0 spiro atoms. The third kappa shape index (κ3) is 3.04. The van der Waals surface area contributed by atoms with Gasteiger partial charge in [0.1, 0.15) is 0 Å². The lowest BCUT2D eigenvalue weighted by molar-refractivity contribution is -0.115. The van der Waals surface area contributed by atoms with Crippen LogP contribution in [-0.4, -0.2) is 21.0 Å². The lowest BCUT2D eigenvalue weighted by atomic mass is 10.8. The zero-order chi connectivity index (χ0) is 8.27. The summed E-state index contributed by atoms with van der Waals surface area (Å²) < 4.78 is 4.38. The van der Waals surface area contributed by atoms with Crippen molar-refractivity contribution in [3.05, 3.63) is 5.28 Å². The van der Waals surface area contributed by atoms with Crippen molar-refractivity contribution in [3.63, 3.8) is 0 Å². The van der Waals surface area contributed by atoms with Crippen LogP contribution in [0.25, 0.3) is 0 Å². The molecule has 2 N–H and O–H groups in total. The van der Waals surface area contributed by atoms with Gasteiger partial charge < -0.3 is 5.73 Å². The second-order valence-corrected chi connectivity index (χ2v) is 3.90. The highest BCUT2D eigenvalue weighted by Crippen LogP contribution is 2.20. The quantitative estimate of drug-likeness (QED) is 0.747. The Morgan fingerprint density at radius 3 is 3.00 bits per heavy atom. The summed E-state index contributed by atoms with van der Waals surface area (Å²) in [5, 5.41) is 0.210. The molecule has 0 saturated carbocycles. The molecule has 11 heavy (non-hydrogen) atoms. The molecule has 1 heterocycles. The Bertz CT molecular complexity index is 264. The predicted octanol–water partition coefficient (Wildman–Crippen LogP) is 0.769. The number of primary amides is 1. The molecule has 7 heteroatoms. The van der Waals surface area contributed by atoms with Crippen molar-refractivity contribution in [3.8, 4) is 0 Å². The Morgan fingerprint density at radius 1 is 1.82 bits per heavy atom. The number of nitrogens with zero attached hydrogens (tertiary/aromatic N) is 2. The lowest BCUT2D eigenvalue weighted by Crippen LogP contribution is -2.12. The summed E-state index contributed by atoms with van der Waals surface area (Å²) in [6.45, 7) is 0. The van der Waals surface area contributed by atoms with Crippen molar-refractivity contribution in [2.45, 2.75) is 4.34 Å². The fourth-order valence-electron chi connectivity index (χ4n) is 0.384. The molecule has 4 nitrogen and oxygen atoms in total. The Labute approximate surface area is 76.3 Å². The number of halogens is 1. The second kappa shape index (κ2) is 3.89. The summed E-state index contributed by atoms with van der Waals surface area (Å²) in [6.07, 6.45) is 0. The largest absolute Gasteiger partial charge is 0.369 e. The molecule has 0 unspecified atom stereocenters. The Kier molecular flexibility index (Phi) is 3.10. The molecule has 0 saturated heterocycles. The van der Waals surface area contributed by atoms with Gasteiger partial charge in [0.2, 0.25) is 11.2 Å². The molecule has 0 aliphatic heterocycles. The fourth-order valence-corrected chi connectivity index (χ4v) is 1.91. The molecule has 0 aliphatic rings. The van der Waals surface area contributed by atoms with Gasteiger partial charge in [0, 0.05) is 0 Å². The molecule has 0 aromatic carbocycles. The highest BCUT2D eigenvalue weighted by atomic mass is 35.5. The highest BCUT2D eigenvalue weighted by Gasteiger charge is 2.03. The minimum Gasteiger partial charge on any atom is -0.369 e. The summed E-state index contributed by atoms with van der Waals surface area (Å²) in [4.78, 5) is 14.1. The maximum absolute atomic E-state index is 10.3. The van der Waals surface area contributed by atoms with E-state index in [0.29, 0.717) is 4.34 Å². The third-order valence-corrected chi connectivity index (χ3v) is 2.85. The average molecular weight is 210 g/mol. The topological polar surface area (TPSA) is 68.9 Å². The molecule has 1 amide bonds. The van der Waals surface area contributed by atoms with Gasteiger partial charge in [-0.05, 0) is 23.1 Å². The molecule has 0 aliphatic carbocycles. The Balaban J connectivity index is 2.45. The first-order chi connectivity index (χ1) is 5.18. The van der Waals surface area contributed by atoms with E-state index in [1.165, 1.54) is 11.8 Å². The van der Waals surface area contributed by atoms with Crippen molar-refractivity contribution in [2.75, 3.05) is 5.75 Å². The predicted molar refractivity (Wildman–Crippen MR) is 44.8 cm³/mol. The van der Waals surface area contributed by atoms with Gasteiger partial charge in [-0.2, -0.15) is 9.36 Å². The summed E-state index contributed by atoms with van der Waals surface area (Å²) in [7, 11) is 0. The normalized spacial score (nSPS) is 9.91. The van der Waals surface area contributed by atoms with Gasteiger partial charge in [0.25, 0.3) is 0 Å². The summed E-state index contributed by atoms with van der Waals surface area (Å²) in [6, 6.07) is 0. The number of carbonyl (C=O) groups excluding carboxylic acids is 1. The summed E-state index contributed by atoms with van der Waals surface area (Å²) in [5.41, 5.74) is 4.91. The van der Waals surface area contributed by atoms with E-state index in [2.05, 4.69) is 9.36 Å². The van der Waals surface area contributed by atoms with E-state index in [1.807, 2.05) is 0 Å². The smallest absolute Gasteiger partial charge is 0.235 e. The van der Waals surface area contributed by atoms with Crippen LogP contribution in [0.15, 0.2) is 4.34 Å². The zero-order valence-electron chi connectivity index (χ0n) is 5.28. The standard InChI is InChI=1S/C4H4ClN3OS2/c5-3-7-4(11-8-3)10-1-2(6)9/h1H2,(H2,6,9). The number of amides is 1. The zero-order valence-corrected chi connectivity index (χ0v) is 7.67. The van der Waals surface area contributed by atoms with E-state index in [-0.39, 0.29) is 16.9 Å². The number of hydrogen-bond acceptors (Lipinski definition) is 5. The monoisotopic (exact) mass is 209 g/mol. The van der Waals surface area contributed by atoms with Crippen LogP contribution >= 0.6 is 34.9 Å². The van der Waals surface area contributed by atoms with Crippen LogP contribution in [0.2, 0.25) is 5.28 Å². The van der Waals surface area contributed by atoms with Crippen molar-refractivity contribution in [1.29, 1.82) is 0 Å². The number of carbonyl (C=O) groups is 1. The number of aromatic nitrogens is 2. The van der Waals surface area contributed by atoms with Gasteiger partial charge in [0.05, 0.1) is 5.75 Å². The number of thioether (sulfide) groups is 1. The van der Waals surface area contributed by atoms with Crippen molar-refractivity contribution >= 4 is 40.8 Å². The van der Waals surface area contributed by atoms with Gasteiger partial charge in [-0.15, -0.1) is 0 Å². The molecule has 0 atom stereocenters. The molecule has 60 valence electrons. The fraction of sp³-hybridized carbons (Fsp3) is 0.250. The lowest BCUT2D eigenvalue weighted by Gasteiger charge is -1.88. The minimum absolute atomic E-state index is 0.210. The Hall–Kier alpha value is -0.330. The van der Waals surface area contributed by atoms with E-state index in [0.717, 1.165) is 11.5 Å². The molecular formula is C4H4ClN3OS2. The van der Waals surface area contributed by atoms with Crippen LogP contribution < -0.4 is 5.73 Å². The highest BCUT2D eigenvalue weighted by molar-refractivity contribution is 8.01. The van der Waals surface area contributed by atoms with Crippen molar-refractivity contribution < 1.29 is 4.79 Å². The van der Waals surface area contributed by atoms with Crippen molar-refractivity contribution in [2.24, 2.45) is 5.73 Å². The van der Waals surface area contributed by atoms with Gasteiger partial charge in [-0.3, -0.25) is 4.79 Å². The van der Waals surface area contributed by atoms with Crippen LogP contribution in [-0.2, 0) is 4.79 Å². The minimum atomic E-state index is -0.374. The molecule has 0 fully saturated rings. The third-order valence-electron chi connectivity index (χ3n) is 0.721. The van der Waals surface area contributed by atoms with Gasteiger partial charge in [0.15, 0.2) is 4.34 Å². The van der Waals surface area contributed by atoms with Crippen molar-refractivity contribution in [1.82, 2.24) is 9.36 Å². The Morgan fingerprint density at radius 2 is 2.55 bits per heavy atom. The average Bonchev–Trinajstić information content (AvgIpc) is 2.31. The van der Waals surface area contributed by atoms with E-state index in [4.69, 9.17) is 17.3 Å². The molecule has 1 aromatic rings. The van der Waals surface area contributed by atoms with Crippen LogP contribution in [0.1, 0.15) is 0 Å². The number of nitrogens with two attached hydrogens (primary N) is 1. The van der Waals surface area contributed by atoms with Crippen LogP contribution in [0.5, 0.6) is 0 Å². The summed E-state index contributed by atoms with van der Waals surface area (Å²) in [5.74, 6) is -0.160.